The molecular formula is C12H17F3N2O4. The molecule has 1 amide bonds. The van der Waals surface area contributed by atoms with Crippen LogP contribution < -0.4 is 0 Å². The van der Waals surface area contributed by atoms with Gasteiger partial charge in [0, 0.05) is 12.1 Å². The molecular weight excluding hydrogens is 293 g/mol. The number of halogens is 3. The van der Waals surface area contributed by atoms with Gasteiger partial charge in [0.15, 0.2) is 0 Å². The zero-order valence-electron chi connectivity index (χ0n) is 11.9. The topological polar surface area (TPSA) is 79.2 Å². The van der Waals surface area contributed by atoms with E-state index in [1.54, 1.807) is 13.8 Å². The number of hydrazone groups is 1. The summed E-state index contributed by atoms with van der Waals surface area (Å²) in [5.41, 5.74) is -3.51. The average Bonchev–Trinajstić information content (AvgIpc) is 2.65. The molecule has 0 fully saturated rings. The third-order valence-electron chi connectivity index (χ3n) is 2.78. The Morgan fingerprint density at radius 3 is 2.48 bits per heavy atom. The van der Waals surface area contributed by atoms with Crippen LogP contribution >= 0.6 is 0 Å². The van der Waals surface area contributed by atoms with E-state index in [1.807, 2.05) is 0 Å². The maximum absolute atomic E-state index is 13.0. The molecule has 120 valence electrons. The van der Waals surface area contributed by atoms with Crippen molar-refractivity contribution in [2.24, 2.45) is 11.0 Å². The van der Waals surface area contributed by atoms with E-state index in [4.69, 9.17) is 0 Å². The highest BCUT2D eigenvalue weighted by molar-refractivity contribution is 6.32. The lowest BCUT2D eigenvalue weighted by atomic mass is 9.99. The molecule has 0 radical (unpaired) electrons. The van der Waals surface area contributed by atoms with E-state index < -0.39 is 30.2 Å². The van der Waals surface area contributed by atoms with Gasteiger partial charge in [-0.25, -0.2) is 4.79 Å². The summed E-state index contributed by atoms with van der Waals surface area (Å²) in [5, 5.41) is 13.1. The minimum absolute atomic E-state index is 0.00229. The fraction of sp³-hybridized carbons (Fsp3) is 0.750. The molecule has 0 aromatic carbocycles. The molecule has 0 aromatic heterocycles. The van der Waals surface area contributed by atoms with Crippen molar-refractivity contribution >= 4 is 17.6 Å². The second kappa shape index (κ2) is 6.00. The molecule has 1 aliphatic rings. The number of carbonyl (C=O) groups is 2. The van der Waals surface area contributed by atoms with Crippen LogP contribution in [0.3, 0.4) is 0 Å². The van der Waals surface area contributed by atoms with Gasteiger partial charge in [0.2, 0.25) is 0 Å². The molecule has 1 atom stereocenters. The first kappa shape index (κ1) is 17.4. The van der Waals surface area contributed by atoms with Crippen molar-refractivity contribution in [2.75, 3.05) is 6.61 Å². The molecule has 6 nitrogen and oxygen atoms in total. The Morgan fingerprint density at radius 2 is 2.05 bits per heavy atom. The summed E-state index contributed by atoms with van der Waals surface area (Å²) in [5.74, 6) is -3.15. The van der Waals surface area contributed by atoms with Crippen molar-refractivity contribution in [1.29, 1.82) is 0 Å². The van der Waals surface area contributed by atoms with Crippen molar-refractivity contribution in [3.8, 4) is 0 Å². The largest absolute Gasteiger partial charge is 0.459 e. The molecule has 0 saturated carbocycles. The third-order valence-corrected chi connectivity index (χ3v) is 2.78. The minimum Gasteiger partial charge on any atom is -0.459 e. The number of hydrogen-bond donors (Lipinski definition) is 1. The second-order valence-electron chi connectivity index (χ2n) is 5.09. The van der Waals surface area contributed by atoms with Crippen LogP contribution in [0, 0.1) is 5.92 Å². The highest BCUT2D eigenvalue weighted by Gasteiger charge is 2.64. The van der Waals surface area contributed by atoms with Crippen LogP contribution in [0.4, 0.5) is 13.2 Å². The van der Waals surface area contributed by atoms with Gasteiger partial charge in [0.05, 0.1) is 6.61 Å². The first-order chi connectivity index (χ1) is 9.52. The summed E-state index contributed by atoms with van der Waals surface area (Å²) >= 11 is 0. The quantitative estimate of drug-likeness (QED) is 0.632. The number of hydrogen-bond acceptors (Lipinski definition) is 5. The van der Waals surface area contributed by atoms with Crippen LogP contribution in [0.25, 0.3) is 0 Å². The number of alkyl halides is 3. The number of amides is 1. The highest BCUT2D eigenvalue weighted by Crippen LogP contribution is 2.41. The van der Waals surface area contributed by atoms with Crippen LogP contribution in [-0.4, -0.2) is 46.2 Å². The zero-order valence-corrected chi connectivity index (χ0v) is 11.9. The number of esters is 1. The Kier molecular flexibility index (Phi) is 4.98. The third kappa shape index (κ3) is 3.52. The molecule has 0 saturated heterocycles. The molecule has 1 aliphatic heterocycles. The second-order valence-corrected chi connectivity index (χ2v) is 5.09. The van der Waals surface area contributed by atoms with E-state index in [1.165, 1.54) is 6.92 Å². The summed E-state index contributed by atoms with van der Waals surface area (Å²) in [4.78, 5) is 23.0. The molecule has 1 heterocycles. The molecule has 0 aliphatic carbocycles. The molecule has 0 aromatic rings. The smallest absolute Gasteiger partial charge is 0.438 e. The highest BCUT2D eigenvalue weighted by atomic mass is 19.4. The average molecular weight is 310 g/mol. The first-order valence-corrected chi connectivity index (χ1v) is 6.39. The molecule has 1 unspecified atom stereocenters. The SMILES string of the molecule is CCOC(=O)C(=O)N1N=C(CC(C)C)CC1(O)C(F)(F)F. The van der Waals surface area contributed by atoms with E-state index in [9.17, 15) is 27.9 Å². The number of carbonyl (C=O) groups excluding carboxylic acids is 2. The lowest BCUT2D eigenvalue weighted by Crippen LogP contribution is -2.58. The van der Waals surface area contributed by atoms with E-state index in [2.05, 4.69) is 9.84 Å². The normalized spacial score (nSPS) is 22.5. The van der Waals surface area contributed by atoms with E-state index in [-0.39, 0.29) is 29.7 Å². The molecule has 1 rings (SSSR count). The van der Waals surface area contributed by atoms with Gasteiger partial charge in [-0.2, -0.15) is 23.3 Å². The van der Waals surface area contributed by atoms with Crippen LogP contribution in [0.5, 0.6) is 0 Å². The molecule has 9 heteroatoms. The van der Waals surface area contributed by atoms with Gasteiger partial charge in [-0.15, -0.1) is 0 Å². The van der Waals surface area contributed by atoms with E-state index >= 15 is 0 Å². The molecule has 0 bridgehead atoms. The van der Waals surface area contributed by atoms with Crippen LogP contribution in [0.2, 0.25) is 0 Å². The van der Waals surface area contributed by atoms with Gasteiger partial charge in [-0.1, -0.05) is 13.8 Å². The molecule has 0 spiro atoms. The summed E-state index contributed by atoms with van der Waals surface area (Å²) in [6.45, 7) is 4.74. The molecule has 21 heavy (non-hydrogen) atoms. The van der Waals surface area contributed by atoms with Gasteiger partial charge < -0.3 is 9.84 Å². The maximum atomic E-state index is 13.0. The van der Waals surface area contributed by atoms with Crippen molar-refractivity contribution < 1.29 is 32.6 Å². The van der Waals surface area contributed by atoms with Gasteiger partial charge in [0.1, 0.15) is 0 Å². The standard InChI is InChI=1S/C12H17F3N2O4/c1-4-21-10(19)9(18)17-11(20,12(13,14)15)6-8(16-17)5-7(2)3/h7,20H,4-6H2,1-3H3. The summed E-state index contributed by atoms with van der Waals surface area (Å²) < 4.78 is 43.5. The number of aliphatic hydroxyl groups is 1. The monoisotopic (exact) mass is 310 g/mol. The van der Waals surface area contributed by atoms with Gasteiger partial charge >= 0.3 is 18.1 Å². The Balaban J connectivity index is 3.11. The predicted octanol–water partition coefficient (Wildman–Crippen LogP) is 1.43. The summed E-state index contributed by atoms with van der Waals surface area (Å²) in [7, 11) is 0. The van der Waals surface area contributed by atoms with Gasteiger partial charge in [0.25, 0.3) is 5.72 Å². The molecule has 1 N–H and O–H groups in total. The van der Waals surface area contributed by atoms with Crippen molar-refractivity contribution in [1.82, 2.24) is 5.01 Å². The number of ether oxygens (including phenoxy) is 1. The lowest BCUT2D eigenvalue weighted by Gasteiger charge is -2.31. The van der Waals surface area contributed by atoms with E-state index in [0.29, 0.717) is 0 Å². The minimum atomic E-state index is -5.14. The Morgan fingerprint density at radius 1 is 1.48 bits per heavy atom. The summed E-state index contributed by atoms with van der Waals surface area (Å²) in [6, 6.07) is 0. The Bertz CT molecular complexity index is 462. The van der Waals surface area contributed by atoms with Gasteiger partial charge in [-0.3, -0.25) is 4.79 Å². The Labute approximate surface area is 119 Å². The van der Waals surface area contributed by atoms with Crippen LogP contribution in [0.1, 0.15) is 33.6 Å². The first-order valence-electron chi connectivity index (χ1n) is 6.39. The van der Waals surface area contributed by atoms with E-state index in [0.717, 1.165) is 0 Å². The maximum Gasteiger partial charge on any atom is 0.438 e. The van der Waals surface area contributed by atoms with Crippen LogP contribution in [0.15, 0.2) is 5.10 Å². The lowest BCUT2D eigenvalue weighted by molar-refractivity contribution is -0.302. The fourth-order valence-corrected chi connectivity index (χ4v) is 1.92. The van der Waals surface area contributed by atoms with Crippen LogP contribution in [-0.2, 0) is 14.3 Å². The van der Waals surface area contributed by atoms with Crippen molar-refractivity contribution in [3.63, 3.8) is 0 Å². The summed E-state index contributed by atoms with van der Waals surface area (Å²) in [6.07, 6.45) is -5.85. The van der Waals surface area contributed by atoms with Crippen molar-refractivity contribution in [3.05, 3.63) is 0 Å². The number of rotatable bonds is 3. The fourth-order valence-electron chi connectivity index (χ4n) is 1.92. The Hall–Kier alpha value is -1.64. The predicted molar refractivity (Wildman–Crippen MR) is 66.0 cm³/mol. The zero-order chi connectivity index (χ0) is 16.4. The van der Waals surface area contributed by atoms with Gasteiger partial charge in [-0.05, 0) is 19.3 Å². The van der Waals surface area contributed by atoms with Crippen molar-refractivity contribution in [2.45, 2.75) is 45.5 Å². The number of nitrogens with zero attached hydrogens (tertiary/aromatic N) is 2.